The normalized spacial score (nSPS) is 13.0. The minimum absolute atomic E-state index is 0.444. The fourth-order valence-corrected chi connectivity index (χ4v) is 3.19. The van der Waals surface area contributed by atoms with Crippen LogP contribution < -0.4 is 10.6 Å². The molecule has 1 heterocycles. The molecular formula is C19H38N6S. The van der Waals surface area contributed by atoms with Gasteiger partial charge >= 0.3 is 0 Å². The first-order valence-corrected chi connectivity index (χ1v) is 11.5. The van der Waals surface area contributed by atoms with Crippen molar-refractivity contribution in [2.45, 2.75) is 78.3 Å². The van der Waals surface area contributed by atoms with Crippen LogP contribution in [0.25, 0.3) is 0 Å². The predicted octanol–water partition coefficient (Wildman–Crippen LogP) is 3.49. The number of aromatic nitrogens is 3. The van der Waals surface area contributed by atoms with Gasteiger partial charge in [0.2, 0.25) is 0 Å². The van der Waals surface area contributed by atoms with Crippen molar-refractivity contribution in [3.8, 4) is 0 Å². The lowest BCUT2D eigenvalue weighted by molar-refractivity contribution is 0.533. The highest BCUT2D eigenvalue weighted by Crippen LogP contribution is 2.05. The summed E-state index contributed by atoms with van der Waals surface area (Å²) in [5, 5.41) is 15.2. The first kappa shape index (κ1) is 22.8. The molecular weight excluding hydrogens is 344 g/mol. The molecule has 0 radical (unpaired) electrons. The fraction of sp³-hybridized carbons (Fsp3) is 0.842. The van der Waals surface area contributed by atoms with Gasteiger partial charge in [0.1, 0.15) is 12.2 Å². The Labute approximate surface area is 164 Å². The highest BCUT2D eigenvalue weighted by atomic mass is 32.2. The van der Waals surface area contributed by atoms with E-state index < -0.39 is 0 Å². The molecule has 0 aliphatic carbocycles. The van der Waals surface area contributed by atoms with Gasteiger partial charge in [-0.15, -0.1) is 10.2 Å². The number of guanidine groups is 1. The van der Waals surface area contributed by atoms with Gasteiger partial charge in [-0.2, -0.15) is 11.8 Å². The summed E-state index contributed by atoms with van der Waals surface area (Å²) in [6, 6.07) is 0.444. The largest absolute Gasteiger partial charge is 0.355 e. The van der Waals surface area contributed by atoms with Crippen LogP contribution in [0.4, 0.5) is 0 Å². The Morgan fingerprint density at radius 1 is 1.27 bits per heavy atom. The van der Waals surface area contributed by atoms with E-state index in [0.29, 0.717) is 6.04 Å². The molecule has 0 spiro atoms. The Balaban J connectivity index is 2.44. The SMILES string of the molecule is CCCCCCC(C)NC(=NCCCSC)NCCn1cnnc1CC. The van der Waals surface area contributed by atoms with Crippen molar-refractivity contribution >= 4 is 17.7 Å². The first-order valence-electron chi connectivity index (χ1n) is 10.1. The number of aliphatic imine (C=N–C) groups is 1. The van der Waals surface area contributed by atoms with Crippen LogP contribution in [-0.2, 0) is 13.0 Å². The van der Waals surface area contributed by atoms with E-state index in [0.717, 1.165) is 50.0 Å². The minimum atomic E-state index is 0.444. The van der Waals surface area contributed by atoms with Crippen LogP contribution in [0.2, 0.25) is 0 Å². The summed E-state index contributed by atoms with van der Waals surface area (Å²) in [6.07, 6.45) is 12.4. The summed E-state index contributed by atoms with van der Waals surface area (Å²) in [4.78, 5) is 4.75. The maximum absolute atomic E-state index is 4.75. The lowest BCUT2D eigenvalue weighted by atomic mass is 10.1. The van der Waals surface area contributed by atoms with Crippen LogP contribution in [0.5, 0.6) is 0 Å². The van der Waals surface area contributed by atoms with E-state index in [-0.39, 0.29) is 0 Å². The van der Waals surface area contributed by atoms with Crippen LogP contribution in [0.1, 0.15) is 65.1 Å². The third-order valence-corrected chi connectivity index (χ3v) is 5.00. The molecule has 0 bridgehead atoms. The van der Waals surface area contributed by atoms with E-state index in [1.165, 1.54) is 32.1 Å². The zero-order chi connectivity index (χ0) is 19.0. The van der Waals surface area contributed by atoms with Gasteiger partial charge in [0, 0.05) is 32.1 Å². The Bertz CT molecular complexity index is 488. The number of hydrogen-bond acceptors (Lipinski definition) is 4. The van der Waals surface area contributed by atoms with Gasteiger partial charge in [0.15, 0.2) is 5.96 Å². The van der Waals surface area contributed by atoms with Crippen LogP contribution in [0.15, 0.2) is 11.3 Å². The number of thioether (sulfide) groups is 1. The molecule has 0 amide bonds. The maximum Gasteiger partial charge on any atom is 0.191 e. The second-order valence-corrected chi connectivity index (χ2v) is 7.68. The van der Waals surface area contributed by atoms with Crippen molar-refractivity contribution in [3.63, 3.8) is 0 Å². The van der Waals surface area contributed by atoms with E-state index in [1.807, 2.05) is 11.8 Å². The zero-order valence-corrected chi connectivity index (χ0v) is 17.9. The van der Waals surface area contributed by atoms with Gasteiger partial charge in [-0.1, -0.05) is 39.5 Å². The van der Waals surface area contributed by atoms with E-state index in [2.05, 4.69) is 52.4 Å². The standard InChI is InChI=1S/C19H38N6S/c1-5-7-8-9-11-17(3)23-19(20-12-10-15-26-4)21-13-14-25-16-22-24-18(25)6-2/h16-17H,5-15H2,1-4H3,(H2,20,21,23). The van der Waals surface area contributed by atoms with Gasteiger partial charge in [-0.05, 0) is 31.8 Å². The predicted molar refractivity (Wildman–Crippen MR) is 114 cm³/mol. The molecule has 0 saturated carbocycles. The highest BCUT2D eigenvalue weighted by molar-refractivity contribution is 7.98. The highest BCUT2D eigenvalue weighted by Gasteiger charge is 2.06. The van der Waals surface area contributed by atoms with Crippen LogP contribution in [0.3, 0.4) is 0 Å². The number of nitrogens with one attached hydrogen (secondary N) is 2. The van der Waals surface area contributed by atoms with Gasteiger partial charge < -0.3 is 15.2 Å². The van der Waals surface area contributed by atoms with Crippen molar-refractivity contribution in [3.05, 3.63) is 12.2 Å². The summed E-state index contributed by atoms with van der Waals surface area (Å²) in [5.41, 5.74) is 0. The molecule has 0 fully saturated rings. The Kier molecular flexibility index (Phi) is 13.0. The smallest absolute Gasteiger partial charge is 0.191 e. The average Bonchev–Trinajstić information content (AvgIpc) is 3.09. The molecule has 0 saturated heterocycles. The summed E-state index contributed by atoms with van der Waals surface area (Å²) in [5.74, 6) is 3.12. The molecule has 0 aliphatic rings. The van der Waals surface area contributed by atoms with E-state index >= 15 is 0 Å². The van der Waals surface area contributed by atoms with Crippen molar-refractivity contribution in [2.24, 2.45) is 4.99 Å². The average molecular weight is 383 g/mol. The lowest BCUT2D eigenvalue weighted by Gasteiger charge is -2.18. The molecule has 6 nitrogen and oxygen atoms in total. The third kappa shape index (κ3) is 10.0. The zero-order valence-electron chi connectivity index (χ0n) is 17.1. The van der Waals surface area contributed by atoms with Gasteiger partial charge in [-0.25, -0.2) is 0 Å². The Morgan fingerprint density at radius 2 is 2.12 bits per heavy atom. The molecule has 2 N–H and O–H groups in total. The van der Waals surface area contributed by atoms with Gasteiger partial charge in [0.25, 0.3) is 0 Å². The topological polar surface area (TPSA) is 67.1 Å². The second kappa shape index (κ2) is 14.9. The molecule has 7 heteroatoms. The molecule has 1 unspecified atom stereocenters. The number of aryl methyl sites for hydroxylation is 1. The summed E-state index contributed by atoms with van der Waals surface area (Å²) < 4.78 is 2.10. The molecule has 1 rings (SSSR count). The monoisotopic (exact) mass is 382 g/mol. The molecule has 26 heavy (non-hydrogen) atoms. The molecule has 1 aromatic heterocycles. The van der Waals surface area contributed by atoms with Gasteiger partial charge in [-0.3, -0.25) is 4.99 Å². The fourth-order valence-electron chi connectivity index (χ4n) is 2.77. The van der Waals surface area contributed by atoms with Crippen LogP contribution in [0, 0.1) is 0 Å². The Morgan fingerprint density at radius 3 is 2.85 bits per heavy atom. The lowest BCUT2D eigenvalue weighted by Crippen LogP contribution is -2.43. The molecule has 150 valence electrons. The number of hydrogen-bond donors (Lipinski definition) is 2. The van der Waals surface area contributed by atoms with E-state index in [9.17, 15) is 0 Å². The van der Waals surface area contributed by atoms with Gasteiger partial charge in [0.05, 0.1) is 0 Å². The summed E-state index contributed by atoms with van der Waals surface area (Å²) in [6.45, 7) is 9.15. The number of rotatable bonds is 14. The van der Waals surface area contributed by atoms with Crippen molar-refractivity contribution in [1.29, 1.82) is 0 Å². The summed E-state index contributed by atoms with van der Waals surface area (Å²) >= 11 is 1.88. The summed E-state index contributed by atoms with van der Waals surface area (Å²) in [7, 11) is 0. The minimum Gasteiger partial charge on any atom is -0.355 e. The van der Waals surface area contributed by atoms with Crippen LogP contribution >= 0.6 is 11.8 Å². The molecule has 1 aromatic rings. The molecule has 0 aliphatic heterocycles. The van der Waals surface area contributed by atoms with E-state index in [1.54, 1.807) is 6.33 Å². The number of nitrogens with zero attached hydrogens (tertiary/aromatic N) is 4. The second-order valence-electron chi connectivity index (χ2n) is 6.69. The van der Waals surface area contributed by atoms with Crippen molar-refractivity contribution in [2.75, 3.05) is 25.1 Å². The van der Waals surface area contributed by atoms with Crippen molar-refractivity contribution in [1.82, 2.24) is 25.4 Å². The van der Waals surface area contributed by atoms with Crippen molar-refractivity contribution < 1.29 is 0 Å². The first-order chi connectivity index (χ1) is 12.7. The number of unbranched alkanes of at least 4 members (excludes halogenated alkanes) is 3. The maximum atomic E-state index is 4.75. The quantitative estimate of drug-likeness (QED) is 0.293. The Hall–Kier alpha value is -1.24. The van der Waals surface area contributed by atoms with Crippen LogP contribution in [-0.4, -0.2) is 51.9 Å². The third-order valence-electron chi connectivity index (χ3n) is 4.31. The van der Waals surface area contributed by atoms with E-state index in [4.69, 9.17) is 4.99 Å². The molecule has 0 aromatic carbocycles. The molecule has 1 atom stereocenters.